The molecule has 0 radical (unpaired) electrons. The topological polar surface area (TPSA) is 27.4 Å². The summed E-state index contributed by atoms with van der Waals surface area (Å²) >= 11 is 5.39. The number of allylic oxidation sites excluding steroid dienone is 2. The zero-order valence-corrected chi connectivity index (χ0v) is 20.5. The van der Waals surface area contributed by atoms with Crippen LogP contribution in [0.25, 0.3) is 17.0 Å². The van der Waals surface area contributed by atoms with Crippen LogP contribution in [0, 0.1) is 0 Å². The highest BCUT2D eigenvalue weighted by atomic mass is 79.9. The Morgan fingerprint density at radius 2 is 1.79 bits per heavy atom. The van der Waals surface area contributed by atoms with Crippen molar-refractivity contribution in [2.45, 2.75) is 18.0 Å². The number of hydrogen-bond acceptors (Lipinski definition) is 3. The van der Waals surface area contributed by atoms with Gasteiger partial charge in [0.2, 0.25) is 5.52 Å². The summed E-state index contributed by atoms with van der Waals surface area (Å²) in [7, 11) is 0. The van der Waals surface area contributed by atoms with Crippen LogP contribution < -0.4 is 9.47 Å². The summed E-state index contributed by atoms with van der Waals surface area (Å²) in [6.45, 7) is 1.53. The third kappa shape index (κ3) is 4.76. The van der Waals surface area contributed by atoms with Gasteiger partial charge in [0.15, 0.2) is 12.7 Å². The van der Waals surface area contributed by atoms with E-state index < -0.39 is 0 Å². The molecule has 1 aromatic heterocycles. The van der Waals surface area contributed by atoms with Crippen molar-refractivity contribution < 1.29 is 9.67 Å². The molecule has 0 saturated carbocycles. The second-order valence-corrected chi connectivity index (χ2v) is 9.83. The summed E-state index contributed by atoms with van der Waals surface area (Å²) in [5.41, 5.74) is 4.80. The van der Waals surface area contributed by atoms with Crippen LogP contribution in [0.15, 0.2) is 112 Å². The van der Waals surface area contributed by atoms with Crippen molar-refractivity contribution in [3.8, 4) is 0 Å². The molecule has 164 valence electrons. The molecule has 1 aliphatic heterocycles. The average Bonchev–Trinajstić information content (AvgIpc) is 3.18. The number of pyridine rings is 1. The summed E-state index contributed by atoms with van der Waals surface area (Å²) < 4.78 is 3.11. The van der Waals surface area contributed by atoms with Gasteiger partial charge < -0.3 is 10.0 Å². The molecule has 0 saturated heterocycles. The summed E-state index contributed by atoms with van der Waals surface area (Å²) in [5.74, 6) is 0. The van der Waals surface area contributed by atoms with Crippen LogP contribution in [0.2, 0.25) is 0 Å². The normalized spacial score (nSPS) is 14.5. The van der Waals surface area contributed by atoms with Crippen molar-refractivity contribution in [3.63, 3.8) is 0 Å². The van der Waals surface area contributed by atoms with Gasteiger partial charge in [-0.1, -0.05) is 82.3 Å². The number of thioether (sulfide) groups is 1. The molecule has 0 fully saturated rings. The van der Waals surface area contributed by atoms with Crippen molar-refractivity contribution in [2.75, 3.05) is 11.5 Å². The van der Waals surface area contributed by atoms with Crippen molar-refractivity contribution in [3.05, 3.63) is 118 Å². The predicted molar refractivity (Wildman–Crippen MR) is 141 cm³/mol. The van der Waals surface area contributed by atoms with E-state index in [9.17, 15) is 5.11 Å². The standard InChI is InChI=1S/C28H24BrN2OS/c29-23-13-14-24-22(15-16-30(17-18-32)26(24)19-23)9-6-12-28-31(20-21-7-2-1-3-8-21)25-10-4-5-11-27(25)33-28/h1-16,19,32H,17-18,20H2/q+1. The number of benzene rings is 3. The highest BCUT2D eigenvalue weighted by molar-refractivity contribution is 9.10. The van der Waals surface area contributed by atoms with E-state index in [-0.39, 0.29) is 6.61 Å². The lowest BCUT2D eigenvalue weighted by molar-refractivity contribution is -0.672. The smallest absolute Gasteiger partial charge is 0.214 e. The van der Waals surface area contributed by atoms with Crippen LogP contribution in [0.3, 0.4) is 0 Å². The minimum atomic E-state index is 0.114. The Morgan fingerprint density at radius 3 is 2.64 bits per heavy atom. The van der Waals surface area contributed by atoms with Crippen molar-refractivity contribution in [2.24, 2.45) is 0 Å². The molecule has 1 N–H and O–H groups in total. The van der Waals surface area contributed by atoms with Crippen LogP contribution in [0.1, 0.15) is 11.1 Å². The van der Waals surface area contributed by atoms with Crippen LogP contribution in [0.4, 0.5) is 5.69 Å². The molecule has 0 aliphatic carbocycles. The Hall–Kier alpha value is -2.86. The molecule has 0 atom stereocenters. The zero-order valence-electron chi connectivity index (χ0n) is 18.1. The Bertz CT molecular complexity index is 1350. The minimum Gasteiger partial charge on any atom is -0.390 e. The van der Waals surface area contributed by atoms with E-state index in [1.165, 1.54) is 21.2 Å². The molecular weight excluding hydrogens is 492 g/mol. The first-order valence-electron chi connectivity index (χ1n) is 10.9. The van der Waals surface area contributed by atoms with Gasteiger partial charge in [-0.2, -0.15) is 4.57 Å². The molecule has 33 heavy (non-hydrogen) atoms. The number of rotatable bonds is 6. The summed E-state index contributed by atoms with van der Waals surface area (Å²) in [4.78, 5) is 3.67. The predicted octanol–water partition coefficient (Wildman–Crippen LogP) is 6.55. The highest BCUT2D eigenvalue weighted by Crippen LogP contribution is 2.46. The lowest BCUT2D eigenvalue weighted by Gasteiger charge is -2.20. The maximum atomic E-state index is 9.42. The Kier molecular flexibility index (Phi) is 6.63. The third-order valence-corrected chi connectivity index (χ3v) is 7.31. The monoisotopic (exact) mass is 515 g/mol. The number of para-hydroxylation sites is 1. The van der Waals surface area contributed by atoms with E-state index in [4.69, 9.17) is 0 Å². The van der Waals surface area contributed by atoms with Gasteiger partial charge in [-0.3, -0.25) is 0 Å². The van der Waals surface area contributed by atoms with Gasteiger partial charge in [0.25, 0.3) is 0 Å². The van der Waals surface area contributed by atoms with Crippen LogP contribution >= 0.6 is 27.7 Å². The van der Waals surface area contributed by atoms with Crippen LogP contribution in [-0.2, 0) is 13.1 Å². The number of fused-ring (bicyclic) bond motifs is 2. The molecule has 1 aliphatic rings. The Labute approximate surface area is 206 Å². The third-order valence-electron chi connectivity index (χ3n) is 5.69. The van der Waals surface area contributed by atoms with Crippen LogP contribution in [0.5, 0.6) is 0 Å². The van der Waals surface area contributed by atoms with Gasteiger partial charge in [-0.25, -0.2) is 0 Å². The second-order valence-electron chi connectivity index (χ2n) is 7.86. The number of nitrogens with zero attached hydrogens (tertiary/aromatic N) is 2. The van der Waals surface area contributed by atoms with Gasteiger partial charge in [-0.05, 0) is 41.5 Å². The molecule has 0 bridgehead atoms. The molecule has 0 spiro atoms. The first kappa shape index (κ1) is 22.0. The Balaban J connectivity index is 1.47. The van der Waals surface area contributed by atoms with E-state index in [0.717, 1.165) is 27.5 Å². The van der Waals surface area contributed by atoms with Gasteiger partial charge >= 0.3 is 0 Å². The molecule has 4 aromatic rings. The maximum absolute atomic E-state index is 9.42. The average molecular weight is 516 g/mol. The molecule has 3 nitrogen and oxygen atoms in total. The number of aliphatic hydroxyl groups excluding tert-OH is 1. The number of aliphatic hydroxyl groups is 1. The van der Waals surface area contributed by atoms with Crippen LogP contribution in [-0.4, -0.2) is 11.7 Å². The van der Waals surface area contributed by atoms with E-state index in [0.29, 0.717) is 6.54 Å². The Morgan fingerprint density at radius 1 is 0.970 bits per heavy atom. The fourth-order valence-corrected chi connectivity index (χ4v) is 5.54. The number of halogens is 1. The van der Waals surface area contributed by atoms with Crippen molar-refractivity contribution in [1.82, 2.24) is 0 Å². The lowest BCUT2D eigenvalue weighted by Crippen LogP contribution is -2.36. The van der Waals surface area contributed by atoms with E-state index in [2.05, 4.69) is 122 Å². The van der Waals surface area contributed by atoms with Gasteiger partial charge in [-0.15, -0.1) is 0 Å². The first-order chi connectivity index (χ1) is 16.2. The van der Waals surface area contributed by atoms with Gasteiger partial charge in [0, 0.05) is 28.0 Å². The summed E-state index contributed by atoms with van der Waals surface area (Å²) in [6.07, 6.45) is 8.54. The molecule has 2 heterocycles. The molecule has 5 heteroatoms. The SMILES string of the molecule is OCC[n+]1ccc(/C=C/C=C2\Sc3ccccc3N2Cc2ccccc2)c2ccc(Br)cc21. The van der Waals surface area contributed by atoms with Crippen molar-refractivity contribution in [1.29, 1.82) is 0 Å². The molecular formula is C28H24BrN2OS+. The molecule has 0 amide bonds. The van der Waals surface area contributed by atoms with E-state index in [1.54, 1.807) is 0 Å². The highest BCUT2D eigenvalue weighted by Gasteiger charge is 2.24. The second kappa shape index (κ2) is 9.96. The molecule has 0 unspecified atom stereocenters. The van der Waals surface area contributed by atoms with Gasteiger partial charge in [0.1, 0.15) is 6.61 Å². The zero-order chi connectivity index (χ0) is 22.6. The lowest BCUT2D eigenvalue weighted by atomic mass is 10.1. The maximum Gasteiger partial charge on any atom is 0.214 e. The first-order valence-corrected chi connectivity index (χ1v) is 12.5. The fraction of sp³-hybridized carbons (Fsp3) is 0.107. The fourth-order valence-electron chi connectivity index (χ4n) is 4.12. The number of hydrogen-bond donors (Lipinski definition) is 1. The minimum absolute atomic E-state index is 0.114. The molecule has 3 aromatic carbocycles. The largest absolute Gasteiger partial charge is 0.390 e. The number of anilines is 1. The number of aromatic nitrogens is 1. The van der Waals surface area contributed by atoms with Crippen molar-refractivity contribution >= 4 is 50.4 Å². The van der Waals surface area contributed by atoms with Gasteiger partial charge in [0.05, 0.1) is 16.1 Å². The molecule has 5 rings (SSSR count). The summed E-state index contributed by atoms with van der Waals surface area (Å²) in [5, 5.41) is 11.8. The van der Waals surface area contributed by atoms with E-state index in [1.807, 2.05) is 18.0 Å². The summed E-state index contributed by atoms with van der Waals surface area (Å²) in [6, 6.07) is 27.6. The quantitative estimate of drug-likeness (QED) is 0.295. The van der Waals surface area contributed by atoms with E-state index >= 15 is 0 Å².